The van der Waals surface area contributed by atoms with Gasteiger partial charge in [0, 0.05) is 0 Å². The van der Waals surface area contributed by atoms with E-state index >= 15 is 0 Å². The van der Waals surface area contributed by atoms with Crippen LogP contribution in [0.4, 0.5) is 5.69 Å². The maximum absolute atomic E-state index is 13.3. The average Bonchev–Trinajstić information content (AvgIpc) is 2.77. The number of para-hydroxylation sites is 2. The van der Waals surface area contributed by atoms with Gasteiger partial charge < -0.3 is 10.1 Å². The number of carbonyl (C=O) groups is 1. The zero-order valence-corrected chi connectivity index (χ0v) is 17.5. The molecular formula is C23H24N2O4S. The van der Waals surface area contributed by atoms with Gasteiger partial charge in [-0.25, -0.2) is 8.42 Å². The fourth-order valence-electron chi connectivity index (χ4n) is 2.92. The number of carbonyl (C=O) groups excluding carboxylic acids is 1. The van der Waals surface area contributed by atoms with Gasteiger partial charge in [-0.3, -0.25) is 9.10 Å². The smallest absolute Gasteiger partial charge is 0.264 e. The molecule has 156 valence electrons. The average molecular weight is 425 g/mol. The standard InChI is InChI=1S/C23H24N2O4S/c1-19-10-8-9-15-22(19)25(30(27,28)21-13-6-3-7-14-21)18-23(26)24-16-17-29-20-11-4-2-5-12-20/h2-15H,16-18H2,1H3,(H,24,26). The van der Waals surface area contributed by atoms with Gasteiger partial charge in [-0.05, 0) is 42.8 Å². The Balaban J connectivity index is 1.71. The van der Waals surface area contributed by atoms with Gasteiger partial charge in [0.2, 0.25) is 5.91 Å². The molecule has 0 bridgehead atoms. The summed E-state index contributed by atoms with van der Waals surface area (Å²) in [5.41, 5.74) is 1.23. The lowest BCUT2D eigenvalue weighted by Crippen LogP contribution is -2.42. The molecule has 3 rings (SSSR count). The maximum atomic E-state index is 13.3. The molecule has 30 heavy (non-hydrogen) atoms. The van der Waals surface area contributed by atoms with Crippen molar-refractivity contribution < 1.29 is 17.9 Å². The van der Waals surface area contributed by atoms with Gasteiger partial charge >= 0.3 is 0 Å². The van der Waals surface area contributed by atoms with Crippen LogP contribution in [0.2, 0.25) is 0 Å². The Labute approximate surface area is 177 Å². The molecule has 0 unspecified atom stereocenters. The molecule has 0 radical (unpaired) electrons. The first kappa shape index (κ1) is 21.4. The van der Waals surface area contributed by atoms with Crippen LogP contribution in [0.3, 0.4) is 0 Å². The first-order valence-electron chi connectivity index (χ1n) is 9.56. The molecule has 1 N–H and O–H groups in total. The van der Waals surface area contributed by atoms with Gasteiger partial charge in [0.1, 0.15) is 18.9 Å². The second-order valence-electron chi connectivity index (χ2n) is 6.62. The van der Waals surface area contributed by atoms with Crippen molar-refractivity contribution in [3.8, 4) is 5.75 Å². The van der Waals surface area contributed by atoms with Crippen LogP contribution in [0.1, 0.15) is 5.56 Å². The lowest BCUT2D eigenvalue weighted by Gasteiger charge is -2.25. The van der Waals surface area contributed by atoms with Gasteiger partial charge in [-0.2, -0.15) is 0 Å². The molecule has 0 aliphatic rings. The molecule has 6 nitrogen and oxygen atoms in total. The van der Waals surface area contributed by atoms with Crippen LogP contribution >= 0.6 is 0 Å². The highest BCUT2D eigenvalue weighted by Crippen LogP contribution is 2.26. The van der Waals surface area contributed by atoms with Crippen molar-refractivity contribution in [1.29, 1.82) is 0 Å². The van der Waals surface area contributed by atoms with Crippen LogP contribution in [-0.4, -0.2) is 34.0 Å². The normalized spacial score (nSPS) is 11.0. The molecule has 0 aromatic heterocycles. The van der Waals surface area contributed by atoms with Crippen molar-refractivity contribution in [1.82, 2.24) is 5.32 Å². The summed E-state index contributed by atoms with van der Waals surface area (Å²) < 4.78 is 33.2. The van der Waals surface area contributed by atoms with Crippen LogP contribution in [0.15, 0.2) is 89.8 Å². The van der Waals surface area contributed by atoms with E-state index in [1.165, 1.54) is 12.1 Å². The third kappa shape index (κ3) is 5.39. The molecular weight excluding hydrogens is 400 g/mol. The Morgan fingerprint density at radius 1 is 0.900 bits per heavy atom. The number of aryl methyl sites for hydroxylation is 1. The third-order valence-corrected chi connectivity index (χ3v) is 6.21. The minimum Gasteiger partial charge on any atom is -0.492 e. The summed E-state index contributed by atoms with van der Waals surface area (Å²) in [6.07, 6.45) is 0. The molecule has 1 amide bonds. The fraction of sp³-hybridized carbons (Fsp3) is 0.174. The predicted molar refractivity (Wildman–Crippen MR) is 117 cm³/mol. The molecule has 0 spiro atoms. The summed E-state index contributed by atoms with van der Waals surface area (Å²) >= 11 is 0. The topological polar surface area (TPSA) is 75.7 Å². The number of hydrogen-bond acceptors (Lipinski definition) is 4. The van der Waals surface area contributed by atoms with Crippen LogP contribution in [0.5, 0.6) is 5.75 Å². The highest BCUT2D eigenvalue weighted by Gasteiger charge is 2.27. The number of nitrogens with zero attached hydrogens (tertiary/aromatic N) is 1. The van der Waals surface area contributed by atoms with E-state index in [2.05, 4.69) is 5.32 Å². The second-order valence-corrected chi connectivity index (χ2v) is 8.48. The minimum atomic E-state index is -3.90. The summed E-state index contributed by atoms with van der Waals surface area (Å²) in [4.78, 5) is 12.7. The highest BCUT2D eigenvalue weighted by molar-refractivity contribution is 7.92. The summed E-state index contributed by atoms with van der Waals surface area (Å²) in [5, 5.41) is 2.73. The van der Waals surface area contributed by atoms with Crippen molar-refractivity contribution in [3.05, 3.63) is 90.5 Å². The third-order valence-electron chi connectivity index (χ3n) is 4.44. The second kappa shape index (κ2) is 9.93. The Morgan fingerprint density at radius 3 is 2.17 bits per heavy atom. The number of hydrogen-bond donors (Lipinski definition) is 1. The number of amides is 1. The molecule has 3 aromatic carbocycles. The van der Waals surface area contributed by atoms with Gasteiger partial charge in [-0.15, -0.1) is 0 Å². The zero-order chi connectivity index (χ0) is 21.4. The van der Waals surface area contributed by atoms with Gasteiger partial charge in [0.05, 0.1) is 17.1 Å². The van der Waals surface area contributed by atoms with Crippen molar-refractivity contribution >= 4 is 21.6 Å². The predicted octanol–water partition coefficient (Wildman–Crippen LogP) is 3.39. The largest absolute Gasteiger partial charge is 0.492 e. The Morgan fingerprint density at radius 2 is 1.50 bits per heavy atom. The number of rotatable bonds is 9. The SMILES string of the molecule is Cc1ccccc1N(CC(=O)NCCOc1ccccc1)S(=O)(=O)c1ccccc1. The van der Waals surface area contributed by atoms with Crippen molar-refractivity contribution in [2.45, 2.75) is 11.8 Å². The minimum absolute atomic E-state index is 0.133. The van der Waals surface area contributed by atoms with Crippen LogP contribution in [0.25, 0.3) is 0 Å². The molecule has 3 aromatic rings. The molecule has 0 saturated carbocycles. The quantitative estimate of drug-likeness (QED) is 0.534. The van der Waals surface area contributed by atoms with E-state index in [0.29, 0.717) is 11.4 Å². The van der Waals surface area contributed by atoms with Crippen molar-refractivity contribution in [2.75, 3.05) is 24.0 Å². The Kier molecular flexibility index (Phi) is 7.08. The number of benzene rings is 3. The maximum Gasteiger partial charge on any atom is 0.264 e. The summed E-state index contributed by atoms with van der Waals surface area (Å²) in [6, 6.07) is 24.5. The fourth-order valence-corrected chi connectivity index (χ4v) is 4.43. The van der Waals surface area contributed by atoms with Crippen LogP contribution in [-0.2, 0) is 14.8 Å². The van der Waals surface area contributed by atoms with E-state index in [1.54, 1.807) is 30.3 Å². The Bertz CT molecular complexity index is 1070. The van der Waals surface area contributed by atoms with Gasteiger partial charge in [0.25, 0.3) is 10.0 Å². The lowest BCUT2D eigenvalue weighted by atomic mass is 10.2. The first-order valence-corrected chi connectivity index (χ1v) is 11.0. The molecule has 0 heterocycles. The highest BCUT2D eigenvalue weighted by atomic mass is 32.2. The molecule has 0 aliphatic heterocycles. The van der Waals surface area contributed by atoms with E-state index < -0.39 is 15.9 Å². The van der Waals surface area contributed by atoms with Crippen molar-refractivity contribution in [2.24, 2.45) is 0 Å². The van der Waals surface area contributed by atoms with E-state index in [1.807, 2.05) is 49.4 Å². The lowest BCUT2D eigenvalue weighted by molar-refractivity contribution is -0.119. The van der Waals surface area contributed by atoms with E-state index in [4.69, 9.17) is 4.74 Å². The monoisotopic (exact) mass is 424 g/mol. The summed E-state index contributed by atoms with van der Waals surface area (Å²) in [5.74, 6) is 0.300. The van der Waals surface area contributed by atoms with Crippen LogP contribution in [0, 0.1) is 6.92 Å². The van der Waals surface area contributed by atoms with Crippen molar-refractivity contribution in [3.63, 3.8) is 0 Å². The number of ether oxygens (including phenoxy) is 1. The number of sulfonamides is 1. The molecule has 0 saturated heterocycles. The molecule has 0 fully saturated rings. The number of nitrogens with one attached hydrogen (secondary N) is 1. The summed E-state index contributed by atoms with van der Waals surface area (Å²) in [6.45, 7) is 2.04. The zero-order valence-electron chi connectivity index (χ0n) is 16.7. The number of anilines is 1. The van der Waals surface area contributed by atoms with Gasteiger partial charge in [-0.1, -0.05) is 54.6 Å². The van der Waals surface area contributed by atoms with E-state index in [9.17, 15) is 13.2 Å². The molecule has 0 atom stereocenters. The van der Waals surface area contributed by atoms with Crippen LogP contribution < -0.4 is 14.4 Å². The van der Waals surface area contributed by atoms with E-state index in [-0.39, 0.29) is 24.6 Å². The Hall–Kier alpha value is -3.32. The van der Waals surface area contributed by atoms with Gasteiger partial charge in [0.15, 0.2) is 0 Å². The molecule has 0 aliphatic carbocycles. The van der Waals surface area contributed by atoms with E-state index in [0.717, 1.165) is 9.87 Å². The molecule has 7 heteroatoms. The first-order chi connectivity index (χ1) is 14.5. The summed E-state index contributed by atoms with van der Waals surface area (Å²) in [7, 11) is -3.90.